The number of nitrogens with two attached hydrogens (primary N) is 1. The SMILES string of the molecule is NNC(=O)c1cccc(-c2ccccc2OC(F)(F)F)c1Br. The highest BCUT2D eigenvalue weighted by atomic mass is 79.9. The van der Waals surface area contributed by atoms with E-state index in [1.54, 1.807) is 12.1 Å². The molecule has 0 saturated heterocycles. The van der Waals surface area contributed by atoms with E-state index in [-0.39, 0.29) is 16.9 Å². The van der Waals surface area contributed by atoms with Crippen molar-refractivity contribution in [2.75, 3.05) is 0 Å². The molecule has 3 N–H and O–H groups in total. The Balaban J connectivity index is 2.56. The molecule has 0 aliphatic heterocycles. The molecule has 2 aromatic carbocycles. The summed E-state index contributed by atoms with van der Waals surface area (Å²) in [5.41, 5.74) is 2.74. The molecule has 0 bridgehead atoms. The van der Waals surface area contributed by atoms with Crippen LogP contribution in [0.25, 0.3) is 11.1 Å². The van der Waals surface area contributed by atoms with Crippen molar-refractivity contribution in [1.82, 2.24) is 5.43 Å². The summed E-state index contributed by atoms with van der Waals surface area (Å²) in [6, 6.07) is 10.2. The number of ether oxygens (including phenoxy) is 1. The molecule has 0 spiro atoms. The fourth-order valence-electron chi connectivity index (χ4n) is 1.90. The summed E-state index contributed by atoms with van der Waals surface area (Å²) in [6.45, 7) is 0. The van der Waals surface area contributed by atoms with Gasteiger partial charge in [0.05, 0.1) is 5.56 Å². The maximum atomic E-state index is 12.5. The standard InChI is InChI=1S/C14H10BrF3N2O2/c15-12-9(5-3-6-10(12)13(21)20-19)8-4-1-2-7-11(8)22-14(16,17)18/h1-7H,19H2,(H,20,21). The van der Waals surface area contributed by atoms with Crippen molar-refractivity contribution in [2.24, 2.45) is 5.84 Å². The zero-order chi connectivity index (χ0) is 16.3. The number of para-hydroxylation sites is 1. The zero-order valence-electron chi connectivity index (χ0n) is 10.9. The minimum Gasteiger partial charge on any atom is -0.405 e. The molecular weight excluding hydrogens is 365 g/mol. The summed E-state index contributed by atoms with van der Waals surface area (Å²) >= 11 is 3.22. The second kappa shape index (κ2) is 6.37. The first-order valence-corrected chi connectivity index (χ1v) is 6.77. The predicted molar refractivity (Wildman–Crippen MR) is 77.9 cm³/mol. The van der Waals surface area contributed by atoms with Gasteiger partial charge < -0.3 is 4.74 Å². The number of benzene rings is 2. The lowest BCUT2D eigenvalue weighted by Gasteiger charge is -2.15. The van der Waals surface area contributed by atoms with Crippen LogP contribution in [0.1, 0.15) is 10.4 Å². The summed E-state index contributed by atoms with van der Waals surface area (Å²) in [4.78, 5) is 11.7. The highest BCUT2D eigenvalue weighted by molar-refractivity contribution is 9.10. The number of amides is 1. The van der Waals surface area contributed by atoms with E-state index in [9.17, 15) is 18.0 Å². The van der Waals surface area contributed by atoms with Gasteiger partial charge in [-0.1, -0.05) is 30.3 Å². The number of halogens is 4. The lowest BCUT2D eigenvalue weighted by molar-refractivity contribution is -0.274. The maximum Gasteiger partial charge on any atom is 0.573 e. The van der Waals surface area contributed by atoms with Gasteiger partial charge in [0.2, 0.25) is 0 Å². The van der Waals surface area contributed by atoms with E-state index in [4.69, 9.17) is 5.84 Å². The highest BCUT2D eigenvalue weighted by Crippen LogP contribution is 2.38. The number of nitrogen functional groups attached to an aromatic ring is 1. The predicted octanol–water partition coefficient (Wildman–Crippen LogP) is 3.62. The molecule has 0 aliphatic rings. The Morgan fingerprint density at radius 1 is 1.09 bits per heavy atom. The average molecular weight is 375 g/mol. The molecule has 0 heterocycles. The molecule has 22 heavy (non-hydrogen) atoms. The Bertz CT molecular complexity index is 705. The van der Waals surface area contributed by atoms with Crippen molar-refractivity contribution >= 4 is 21.8 Å². The van der Waals surface area contributed by atoms with Gasteiger partial charge in [-0.25, -0.2) is 5.84 Å². The van der Waals surface area contributed by atoms with E-state index in [1.807, 2.05) is 5.43 Å². The molecule has 2 aromatic rings. The Morgan fingerprint density at radius 2 is 1.73 bits per heavy atom. The van der Waals surface area contributed by atoms with Gasteiger partial charge >= 0.3 is 6.36 Å². The highest BCUT2D eigenvalue weighted by Gasteiger charge is 2.32. The van der Waals surface area contributed by atoms with Crippen molar-refractivity contribution in [3.8, 4) is 16.9 Å². The van der Waals surface area contributed by atoms with Crippen molar-refractivity contribution < 1.29 is 22.7 Å². The lowest BCUT2D eigenvalue weighted by atomic mass is 10.0. The molecule has 0 aliphatic carbocycles. The van der Waals surface area contributed by atoms with Crippen LogP contribution >= 0.6 is 15.9 Å². The smallest absolute Gasteiger partial charge is 0.405 e. The van der Waals surface area contributed by atoms with Gasteiger partial charge in [0.15, 0.2) is 0 Å². The van der Waals surface area contributed by atoms with Gasteiger partial charge in [0.1, 0.15) is 5.75 Å². The molecular formula is C14H10BrF3N2O2. The fraction of sp³-hybridized carbons (Fsp3) is 0.0714. The first-order valence-electron chi connectivity index (χ1n) is 5.98. The van der Waals surface area contributed by atoms with Crippen molar-refractivity contribution in [3.05, 3.63) is 52.5 Å². The third kappa shape index (κ3) is 3.58. The van der Waals surface area contributed by atoms with Crippen molar-refractivity contribution in [2.45, 2.75) is 6.36 Å². The summed E-state index contributed by atoms with van der Waals surface area (Å²) in [5, 5.41) is 0. The number of rotatable bonds is 3. The monoisotopic (exact) mass is 374 g/mol. The number of nitrogens with one attached hydrogen (secondary N) is 1. The van der Waals surface area contributed by atoms with Crippen LogP contribution in [0.2, 0.25) is 0 Å². The average Bonchev–Trinajstić information content (AvgIpc) is 2.46. The van der Waals surface area contributed by atoms with Crippen LogP contribution in [0, 0.1) is 0 Å². The molecule has 116 valence electrons. The van der Waals surface area contributed by atoms with E-state index < -0.39 is 12.3 Å². The van der Waals surface area contributed by atoms with Crippen LogP contribution in [-0.2, 0) is 0 Å². The van der Waals surface area contributed by atoms with Crippen molar-refractivity contribution in [3.63, 3.8) is 0 Å². The fourth-order valence-corrected chi connectivity index (χ4v) is 2.55. The minimum absolute atomic E-state index is 0.193. The molecule has 0 radical (unpaired) electrons. The van der Waals surface area contributed by atoms with E-state index in [1.165, 1.54) is 30.3 Å². The number of alkyl halides is 3. The van der Waals surface area contributed by atoms with Crippen molar-refractivity contribution in [1.29, 1.82) is 0 Å². The molecule has 4 nitrogen and oxygen atoms in total. The molecule has 0 atom stereocenters. The zero-order valence-corrected chi connectivity index (χ0v) is 12.5. The van der Waals surface area contributed by atoms with E-state index in [2.05, 4.69) is 20.7 Å². The first-order chi connectivity index (χ1) is 10.3. The Hall–Kier alpha value is -2.06. The quantitative estimate of drug-likeness (QED) is 0.489. The van der Waals surface area contributed by atoms with Gasteiger partial charge in [0.25, 0.3) is 5.91 Å². The number of carbonyl (C=O) groups is 1. The molecule has 0 aromatic heterocycles. The second-order valence-electron chi connectivity index (χ2n) is 4.18. The van der Waals surface area contributed by atoms with Gasteiger partial charge in [-0.15, -0.1) is 13.2 Å². The summed E-state index contributed by atoms with van der Waals surface area (Å²) in [5.74, 6) is 4.15. The minimum atomic E-state index is -4.81. The van der Waals surface area contributed by atoms with Gasteiger partial charge in [-0.05, 0) is 28.1 Å². The number of hydrazine groups is 1. The summed E-state index contributed by atoms with van der Waals surface area (Å²) < 4.78 is 41.8. The van der Waals surface area contributed by atoms with Crippen LogP contribution in [0.15, 0.2) is 46.9 Å². The van der Waals surface area contributed by atoms with Crippen LogP contribution in [0.5, 0.6) is 5.75 Å². The number of hydrogen-bond donors (Lipinski definition) is 2. The molecule has 2 rings (SSSR count). The van der Waals surface area contributed by atoms with Gasteiger partial charge in [0, 0.05) is 15.6 Å². The van der Waals surface area contributed by atoms with Gasteiger partial charge in [-0.2, -0.15) is 0 Å². The van der Waals surface area contributed by atoms with Crippen LogP contribution in [0.3, 0.4) is 0 Å². The van der Waals surface area contributed by atoms with Crippen LogP contribution in [0.4, 0.5) is 13.2 Å². The third-order valence-corrected chi connectivity index (χ3v) is 3.63. The van der Waals surface area contributed by atoms with Crippen LogP contribution in [-0.4, -0.2) is 12.3 Å². The molecule has 0 unspecified atom stereocenters. The van der Waals surface area contributed by atoms with Gasteiger partial charge in [-0.3, -0.25) is 10.2 Å². The molecule has 0 fully saturated rings. The molecule has 1 amide bonds. The maximum absolute atomic E-state index is 12.5. The van der Waals surface area contributed by atoms with E-state index in [0.29, 0.717) is 10.0 Å². The molecule has 0 saturated carbocycles. The number of hydrogen-bond acceptors (Lipinski definition) is 3. The summed E-state index contributed by atoms with van der Waals surface area (Å²) in [6.07, 6.45) is -4.81. The lowest BCUT2D eigenvalue weighted by Crippen LogP contribution is -2.30. The largest absolute Gasteiger partial charge is 0.573 e. The van der Waals surface area contributed by atoms with E-state index >= 15 is 0 Å². The van der Waals surface area contributed by atoms with E-state index in [0.717, 1.165) is 0 Å². The second-order valence-corrected chi connectivity index (χ2v) is 4.98. The summed E-state index contributed by atoms with van der Waals surface area (Å²) in [7, 11) is 0. The Kier molecular flexibility index (Phi) is 4.72. The molecule has 8 heteroatoms. The topological polar surface area (TPSA) is 64.3 Å². The Labute approximate surface area is 132 Å². The van der Waals surface area contributed by atoms with Crippen LogP contribution < -0.4 is 16.0 Å². The third-order valence-electron chi connectivity index (χ3n) is 2.78. The normalized spacial score (nSPS) is 11.1. The Morgan fingerprint density at radius 3 is 2.36 bits per heavy atom. The first kappa shape index (κ1) is 16.3. The number of carbonyl (C=O) groups excluding carboxylic acids is 1.